The van der Waals surface area contributed by atoms with Crippen LogP contribution in [0.5, 0.6) is 5.75 Å². The normalized spacial score (nSPS) is 10.7. The van der Waals surface area contributed by atoms with Crippen molar-refractivity contribution in [3.63, 3.8) is 0 Å². The fraction of sp³-hybridized carbons (Fsp3) is 0.0476. The monoisotopic (exact) mass is 364 g/mol. The molecule has 6 heteroatoms. The summed E-state index contributed by atoms with van der Waals surface area (Å²) in [6.07, 6.45) is 0. The number of benzene rings is 3. The first-order chi connectivity index (χ1) is 13.2. The zero-order chi connectivity index (χ0) is 18.6. The van der Waals surface area contributed by atoms with Gasteiger partial charge in [0.2, 0.25) is 5.82 Å². The van der Waals surface area contributed by atoms with Crippen molar-refractivity contribution >= 4 is 0 Å². The molecule has 27 heavy (non-hydrogen) atoms. The highest BCUT2D eigenvalue weighted by Crippen LogP contribution is 2.24. The first kappa shape index (κ1) is 16.9. The summed E-state index contributed by atoms with van der Waals surface area (Å²) in [5.74, 6) is -0.515. The fourth-order valence-electron chi connectivity index (χ4n) is 2.59. The van der Waals surface area contributed by atoms with Crippen LogP contribution in [-0.4, -0.2) is 10.1 Å². The minimum Gasteiger partial charge on any atom is -0.486 e. The van der Waals surface area contributed by atoms with Crippen molar-refractivity contribution in [2.24, 2.45) is 0 Å². The van der Waals surface area contributed by atoms with Gasteiger partial charge in [-0.15, -0.1) is 0 Å². The van der Waals surface area contributed by atoms with E-state index in [1.165, 1.54) is 6.07 Å². The number of hydrogen-bond acceptors (Lipinski definition) is 4. The Bertz CT molecular complexity index is 1060. The summed E-state index contributed by atoms with van der Waals surface area (Å²) in [5, 5.41) is 4.00. The van der Waals surface area contributed by atoms with Gasteiger partial charge >= 0.3 is 0 Å². The van der Waals surface area contributed by atoms with Crippen molar-refractivity contribution in [1.82, 2.24) is 10.1 Å². The van der Waals surface area contributed by atoms with Crippen molar-refractivity contribution in [1.29, 1.82) is 0 Å². The molecule has 0 N–H and O–H groups in total. The van der Waals surface area contributed by atoms with E-state index in [4.69, 9.17) is 9.26 Å². The van der Waals surface area contributed by atoms with E-state index in [9.17, 15) is 8.78 Å². The van der Waals surface area contributed by atoms with Crippen molar-refractivity contribution in [2.45, 2.75) is 6.61 Å². The van der Waals surface area contributed by atoms with Crippen LogP contribution in [0.3, 0.4) is 0 Å². The Morgan fingerprint density at radius 2 is 1.67 bits per heavy atom. The van der Waals surface area contributed by atoms with Crippen LogP contribution >= 0.6 is 0 Å². The van der Waals surface area contributed by atoms with Gasteiger partial charge in [0.15, 0.2) is 11.6 Å². The van der Waals surface area contributed by atoms with Gasteiger partial charge in [-0.05, 0) is 29.8 Å². The van der Waals surface area contributed by atoms with Gasteiger partial charge in [-0.1, -0.05) is 47.6 Å². The largest absolute Gasteiger partial charge is 0.486 e. The highest BCUT2D eigenvalue weighted by atomic mass is 19.1. The molecule has 0 aliphatic heterocycles. The molecule has 0 saturated heterocycles. The minimum atomic E-state index is -0.740. The summed E-state index contributed by atoms with van der Waals surface area (Å²) in [7, 11) is 0. The third kappa shape index (κ3) is 3.84. The lowest BCUT2D eigenvalue weighted by Crippen LogP contribution is -1.98. The molecule has 0 atom stereocenters. The van der Waals surface area contributed by atoms with E-state index < -0.39 is 11.6 Å². The number of hydrogen-bond donors (Lipinski definition) is 0. The number of rotatable bonds is 5. The predicted molar refractivity (Wildman–Crippen MR) is 95.9 cm³/mol. The van der Waals surface area contributed by atoms with Gasteiger partial charge in [0.1, 0.15) is 12.4 Å². The summed E-state index contributed by atoms with van der Waals surface area (Å²) in [5.41, 5.74) is 2.37. The third-order valence-corrected chi connectivity index (χ3v) is 3.92. The SMILES string of the molecule is Fc1ccc(OCc2cccc(-c3nc(-c4ccccc4)no3)c2)c(F)c1. The van der Waals surface area contributed by atoms with Crippen LogP contribution in [0, 0.1) is 11.6 Å². The number of nitrogens with zero attached hydrogens (tertiary/aromatic N) is 2. The fourth-order valence-corrected chi connectivity index (χ4v) is 2.59. The maximum absolute atomic E-state index is 13.7. The molecule has 4 aromatic rings. The van der Waals surface area contributed by atoms with Crippen LogP contribution in [0.1, 0.15) is 5.56 Å². The van der Waals surface area contributed by atoms with Crippen molar-refractivity contribution in [3.05, 3.63) is 90.0 Å². The maximum atomic E-state index is 13.7. The Kier molecular flexibility index (Phi) is 4.61. The summed E-state index contributed by atoms with van der Waals surface area (Å²) in [6, 6.07) is 20.0. The highest BCUT2D eigenvalue weighted by Gasteiger charge is 2.11. The second-order valence-corrected chi connectivity index (χ2v) is 5.85. The van der Waals surface area contributed by atoms with E-state index in [1.54, 1.807) is 0 Å². The van der Waals surface area contributed by atoms with E-state index >= 15 is 0 Å². The van der Waals surface area contributed by atoms with E-state index in [2.05, 4.69) is 10.1 Å². The average molecular weight is 364 g/mol. The van der Waals surface area contributed by atoms with Crippen LogP contribution in [0.2, 0.25) is 0 Å². The molecule has 0 unspecified atom stereocenters. The van der Waals surface area contributed by atoms with Crippen LogP contribution in [0.25, 0.3) is 22.8 Å². The summed E-state index contributed by atoms with van der Waals surface area (Å²) in [4.78, 5) is 4.41. The standard InChI is InChI=1S/C21H14F2N2O2/c22-17-9-10-19(18(23)12-17)26-13-14-5-4-8-16(11-14)21-24-20(25-27-21)15-6-2-1-3-7-15/h1-12H,13H2. The van der Waals surface area contributed by atoms with Crippen molar-refractivity contribution in [2.75, 3.05) is 0 Å². The van der Waals surface area contributed by atoms with Crippen LogP contribution in [0.4, 0.5) is 8.78 Å². The van der Waals surface area contributed by atoms with E-state index in [0.717, 1.165) is 28.8 Å². The molecule has 0 aliphatic rings. The minimum absolute atomic E-state index is 0.00837. The van der Waals surface area contributed by atoms with Crippen LogP contribution in [-0.2, 0) is 6.61 Å². The molecule has 4 nitrogen and oxygen atoms in total. The molecular formula is C21H14F2N2O2. The lowest BCUT2D eigenvalue weighted by atomic mass is 10.1. The Labute approximate surface area is 154 Å². The van der Waals surface area contributed by atoms with Gasteiger partial charge in [-0.2, -0.15) is 4.98 Å². The van der Waals surface area contributed by atoms with Crippen molar-refractivity contribution in [3.8, 4) is 28.6 Å². The Morgan fingerprint density at radius 3 is 2.48 bits per heavy atom. The Balaban J connectivity index is 1.52. The molecule has 0 bridgehead atoms. The molecule has 0 aliphatic carbocycles. The lowest BCUT2D eigenvalue weighted by Gasteiger charge is -2.08. The van der Waals surface area contributed by atoms with E-state index in [-0.39, 0.29) is 12.4 Å². The first-order valence-corrected chi connectivity index (χ1v) is 8.25. The molecule has 134 valence electrons. The average Bonchev–Trinajstić information content (AvgIpc) is 3.19. The molecular weight excluding hydrogens is 350 g/mol. The highest BCUT2D eigenvalue weighted by molar-refractivity contribution is 5.60. The zero-order valence-electron chi connectivity index (χ0n) is 14.1. The summed E-state index contributed by atoms with van der Waals surface area (Å²) >= 11 is 0. The van der Waals surface area contributed by atoms with Gasteiger partial charge in [-0.25, -0.2) is 8.78 Å². The topological polar surface area (TPSA) is 48.2 Å². The second kappa shape index (κ2) is 7.37. The molecule has 0 amide bonds. The van der Waals surface area contributed by atoms with Crippen LogP contribution < -0.4 is 4.74 Å². The predicted octanol–water partition coefficient (Wildman–Crippen LogP) is 5.26. The number of halogens is 2. The van der Waals surface area contributed by atoms with E-state index in [0.29, 0.717) is 11.7 Å². The molecule has 0 saturated carbocycles. The van der Waals surface area contributed by atoms with Crippen molar-refractivity contribution < 1.29 is 18.0 Å². The zero-order valence-corrected chi connectivity index (χ0v) is 14.1. The lowest BCUT2D eigenvalue weighted by molar-refractivity contribution is 0.289. The van der Waals surface area contributed by atoms with E-state index in [1.807, 2.05) is 54.6 Å². The molecule has 3 aromatic carbocycles. The first-order valence-electron chi connectivity index (χ1n) is 8.25. The molecule has 0 spiro atoms. The number of ether oxygens (including phenoxy) is 1. The second-order valence-electron chi connectivity index (χ2n) is 5.85. The molecule has 0 radical (unpaired) electrons. The van der Waals surface area contributed by atoms with Crippen LogP contribution in [0.15, 0.2) is 77.3 Å². The van der Waals surface area contributed by atoms with Gasteiger partial charge in [-0.3, -0.25) is 0 Å². The maximum Gasteiger partial charge on any atom is 0.258 e. The third-order valence-electron chi connectivity index (χ3n) is 3.92. The molecule has 1 heterocycles. The van der Waals surface area contributed by atoms with Gasteiger partial charge in [0, 0.05) is 17.2 Å². The molecule has 0 fully saturated rings. The summed E-state index contributed by atoms with van der Waals surface area (Å²) < 4.78 is 37.4. The Hall–Kier alpha value is -3.54. The summed E-state index contributed by atoms with van der Waals surface area (Å²) in [6.45, 7) is 0.121. The molecule has 1 aromatic heterocycles. The smallest absolute Gasteiger partial charge is 0.258 e. The molecule has 4 rings (SSSR count). The quantitative estimate of drug-likeness (QED) is 0.485. The van der Waals surface area contributed by atoms with Gasteiger partial charge in [0.05, 0.1) is 0 Å². The van der Waals surface area contributed by atoms with Gasteiger partial charge in [0.25, 0.3) is 5.89 Å². The number of aromatic nitrogens is 2. The van der Waals surface area contributed by atoms with Gasteiger partial charge < -0.3 is 9.26 Å². The Morgan fingerprint density at radius 1 is 0.852 bits per heavy atom.